The zero-order chi connectivity index (χ0) is 12.4. The molecule has 0 spiro atoms. The third-order valence-corrected chi connectivity index (χ3v) is 3.48. The van der Waals surface area contributed by atoms with Crippen LogP contribution in [-0.2, 0) is 0 Å². The van der Waals surface area contributed by atoms with Crippen molar-refractivity contribution < 1.29 is 4.42 Å². The summed E-state index contributed by atoms with van der Waals surface area (Å²) in [5.41, 5.74) is 8.22. The second-order valence-electron chi connectivity index (χ2n) is 4.20. The molecule has 0 aliphatic heterocycles. The zero-order valence-electron chi connectivity index (χ0n) is 10.0. The highest BCUT2D eigenvalue weighted by atomic mass is 79.9. The van der Waals surface area contributed by atoms with Crippen molar-refractivity contribution in [2.75, 3.05) is 0 Å². The topological polar surface area (TPSA) is 39.2 Å². The predicted molar refractivity (Wildman–Crippen MR) is 73.8 cm³/mol. The Morgan fingerprint density at radius 3 is 2.71 bits per heavy atom. The van der Waals surface area contributed by atoms with E-state index in [-0.39, 0.29) is 6.04 Å². The molecule has 1 heterocycles. The molecule has 3 heteroatoms. The molecule has 90 valence electrons. The highest BCUT2D eigenvalue weighted by Crippen LogP contribution is 2.31. The molecular weight excluding hydrogens is 278 g/mol. The average Bonchev–Trinajstić information content (AvgIpc) is 2.77. The maximum Gasteiger partial charge on any atom is 0.135 e. The van der Waals surface area contributed by atoms with Crippen LogP contribution < -0.4 is 5.73 Å². The van der Waals surface area contributed by atoms with Gasteiger partial charge in [0, 0.05) is 10.0 Å². The monoisotopic (exact) mass is 293 g/mol. The first-order valence-corrected chi connectivity index (χ1v) is 6.53. The number of aryl methyl sites for hydroxylation is 1. The van der Waals surface area contributed by atoms with E-state index in [0.717, 1.165) is 28.0 Å². The lowest BCUT2D eigenvalue weighted by atomic mass is 10.1. The van der Waals surface area contributed by atoms with E-state index in [0.29, 0.717) is 0 Å². The van der Waals surface area contributed by atoms with Crippen LogP contribution in [0, 0.1) is 6.92 Å². The molecule has 0 saturated carbocycles. The first kappa shape index (κ1) is 12.4. The van der Waals surface area contributed by atoms with Gasteiger partial charge in [-0.3, -0.25) is 0 Å². The van der Waals surface area contributed by atoms with Crippen molar-refractivity contribution in [2.24, 2.45) is 5.73 Å². The summed E-state index contributed by atoms with van der Waals surface area (Å²) in [6.45, 7) is 4.11. The Kier molecular flexibility index (Phi) is 3.69. The van der Waals surface area contributed by atoms with Crippen LogP contribution in [0.4, 0.5) is 0 Å². The SMILES string of the molecule is CCC(N)c1ccc(-c2ccc(C)cc2Br)o1. The Hall–Kier alpha value is -1.06. The fourth-order valence-corrected chi connectivity index (χ4v) is 2.41. The second-order valence-corrected chi connectivity index (χ2v) is 5.05. The first-order valence-electron chi connectivity index (χ1n) is 5.73. The number of halogens is 1. The van der Waals surface area contributed by atoms with Crippen LogP contribution in [0.25, 0.3) is 11.3 Å². The molecule has 2 rings (SSSR count). The minimum Gasteiger partial charge on any atom is -0.459 e. The van der Waals surface area contributed by atoms with E-state index in [1.165, 1.54) is 5.56 Å². The molecule has 0 aliphatic carbocycles. The number of nitrogens with two attached hydrogens (primary N) is 1. The fraction of sp³-hybridized carbons (Fsp3) is 0.286. The van der Waals surface area contributed by atoms with E-state index in [4.69, 9.17) is 10.2 Å². The van der Waals surface area contributed by atoms with Crippen molar-refractivity contribution in [3.8, 4) is 11.3 Å². The molecular formula is C14H16BrNO. The van der Waals surface area contributed by atoms with Gasteiger partial charge < -0.3 is 10.2 Å². The molecule has 2 aromatic rings. The lowest BCUT2D eigenvalue weighted by molar-refractivity contribution is 0.470. The van der Waals surface area contributed by atoms with E-state index in [1.54, 1.807) is 0 Å². The lowest BCUT2D eigenvalue weighted by Gasteiger charge is -2.05. The molecule has 1 aromatic carbocycles. The summed E-state index contributed by atoms with van der Waals surface area (Å²) < 4.78 is 6.83. The zero-order valence-corrected chi connectivity index (χ0v) is 11.6. The van der Waals surface area contributed by atoms with Crippen LogP contribution in [-0.4, -0.2) is 0 Å². The van der Waals surface area contributed by atoms with Gasteiger partial charge in [-0.2, -0.15) is 0 Å². The Morgan fingerprint density at radius 2 is 2.06 bits per heavy atom. The standard InChI is InChI=1S/C14H16BrNO/c1-3-12(16)14-7-6-13(17-14)10-5-4-9(2)8-11(10)15/h4-8,12H,3,16H2,1-2H3. The van der Waals surface area contributed by atoms with E-state index in [2.05, 4.69) is 48.0 Å². The normalized spacial score (nSPS) is 12.7. The lowest BCUT2D eigenvalue weighted by Crippen LogP contribution is -2.06. The minimum absolute atomic E-state index is 0.0204. The maximum atomic E-state index is 5.94. The van der Waals surface area contributed by atoms with Crippen molar-refractivity contribution >= 4 is 15.9 Å². The average molecular weight is 294 g/mol. The number of benzene rings is 1. The van der Waals surface area contributed by atoms with Crippen molar-refractivity contribution in [2.45, 2.75) is 26.3 Å². The quantitative estimate of drug-likeness (QED) is 0.909. The van der Waals surface area contributed by atoms with Gasteiger partial charge >= 0.3 is 0 Å². The molecule has 1 unspecified atom stereocenters. The molecule has 0 bridgehead atoms. The third kappa shape index (κ3) is 2.61. The van der Waals surface area contributed by atoms with Crippen molar-refractivity contribution in [3.05, 3.63) is 46.1 Å². The summed E-state index contributed by atoms with van der Waals surface area (Å²) in [6, 6.07) is 10.1. The number of hydrogen-bond donors (Lipinski definition) is 1. The largest absolute Gasteiger partial charge is 0.459 e. The van der Waals surface area contributed by atoms with Crippen LogP contribution in [0.15, 0.2) is 39.2 Å². The third-order valence-electron chi connectivity index (χ3n) is 2.82. The number of rotatable bonds is 3. The summed E-state index contributed by atoms with van der Waals surface area (Å²) in [7, 11) is 0. The molecule has 0 fully saturated rings. The smallest absolute Gasteiger partial charge is 0.135 e. The van der Waals surface area contributed by atoms with E-state index in [9.17, 15) is 0 Å². The summed E-state index contributed by atoms with van der Waals surface area (Å²) >= 11 is 3.56. The van der Waals surface area contributed by atoms with Gasteiger partial charge in [-0.1, -0.05) is 28.9 Å². The molecule has 17 heavy (non-hydrogen) atoms. The fourth-order valence-electron chi connectivity index (χ4n) is 1.72. The van der Waals surface area contributed by atoms with Crippen molar-refractivity contribution in [3.63, 3.8) is 0 Å². The summed E-state index contributed by atoms with van der Waals surface area (Å²) in [6.07, 6.45) is 0.877. The van der Waals surface area contributed by atoms with Crippen LogP contribution in [0.5, 0.6) is 0 Å². The molecule has 1 aromatic heterocycles. The Labute approximate surface area is 110 Å². The van der Waals surface area contributed by atoms with Crippen LogP contribution >= 0.6 is 15.9 Å². The summed E-state index contributed by atoms with van der Waals surface area (Å²) in [5, 5.41) is 0. The summed E-state index contributed by atoms with van der Waals surface area (Å²) in [4.78, 5) is 0. The second kappa shape index (κ2) is 5.07. The molecule has 0 saturated heterocycles. The maximum absolute atomic E-state index is 5.94. The predicted octanol–water partition coefficient (Wildman–Crippen LogP) is 4.43. The minimum atomic E-state index is -0.0204. The summed E-state index contributed by atoms with van der Waals surface area (Å²) in [5.74, 6) is 1.70. The highest BCUT2D eigenvalue weighted by Gasteiger charge is 2.12. The van der Waals surface area contributed by atoms with Gasteiger partial charge in [-0.15, -0.1) is 0 Å². The molecule has 0 radical (unpaired) electrons. The Morgan fingerprint density at radius 1 is 1.29 bits per heavy atom. The van der Waals surface area contributed by atoms with Gasteiger partial charge in [-0.25, -0.2) is 0 Å². The van der Waals surface area contributed by atoms with Crippen LogP contribution in [0.3, 0.4) is 0 Å². The van der Waals surface area contributed by atoms with Gasteiger partial charge in [0.2, 0.25) is 0 Å². The Balaban J connectivity index is 2.37. The van der Waals surface area contributed by atoms with Crippen LogP contribution in [0.2, 0.25) is 0 Å². The highest BCUT2D eigenvalue weighted by molar-refractivity contribution is 9.10. The van der Waals surface area contributed by atoms with Gasteiger partial charge in [0.1, 0.15) is 11.5 Å². The molecule has 0 aliphatic rings. The molecule has 1 atom stereocenters. The van der Waals surface area contributed by atoms with Gasteiger partial charge in [0.05, 0.1) is 6.04 Å². The number of furan rings is 1. The van der Waals surface area contributed by atoms with Crippen molar-refractivity contribution in [1.82, 2.24) is 0 Å². The number of hydrogen-bond acceptors (Lipinski definition) is 2. The van der Waals surface area contributed by atoms with Gasteiger partial charge in [0.25, 0.3) is 0 Å². The molecule has 2 nitrogen and oxygen atoms in total. The van der Waals surface area contributed by atoms with Gasteiger partial charge in [0.15, 0.2) is 0 Å². The first-order chi connectivity index (χ1) is 8.11. The van der Waals surface area contributed by atoms with E-state index < -0.39 is 0 Å². The van der Waals surface area contributed by atoms with E-state index >= 15 is 0 Å². The molecule has 0 amide bonds. The Bertz CT molecular complexity index is 519. The van der Waals surface area contributed by atoms with Crippen molar-refractivity contribution in [1.29, 1.82) is 0 Å². The van der Waals surface area contributed by atoms with Crippen LogP contribution in [0.1, 0.15) is 30.7 Å². The van der Waals surface area contributed by atoms with E-state index in [1.807, 2.05) is 12.1 Å². The van der Waals surface area contributed by atoms with Gasteiger partial charge in [-0.05, 0) is 43.2 Å². The molecule has 2 N–H and O–H groups in total.